The Bertz CT molecular complexity index is 1490. The van der Waals surface area contributed by atoms with Crippen LogP contribution in [0.3, 0.4) is 0 Å². The number of sulfonamides is 1. The van der Waals surface area contributed by atoms with Crippen molar-refractivity contribution in [2.24, 2.45) is 0 Å². The molecule has 1 N–H and O–H groups in total. The molecule has 1 aliphatic rings. The molecule has 0 aromatic heterocycles. The van der Waals surface area contributed by atoms with Crippen molar-refractivity contribution in [1.29, 1.82) is 5.26 Å². The average molecular weight is 552 g/mol. The summed E-state index contributed by atoms with van der Waals surface area (Å²) in [6.07, 6.45) is -0.0323. The largest absolute Gasteiger partial charge is 0.484 e. The van der Waals surface area contributed by atoms with E-state index in [0.717, 1.165) is 6.92 Å². The van der Waals surface area contributed by atoms with Gasteiger partial charge in [-0.2, -0.15) is 9.65 Å². The zero-order valence-electron chi connectivity index (χ0n) is 19.7. The lowest BCUT2D eigenvalue weighted by molar-refractivity contribution is 0.197. The number of hydrogen-bond acceptors (Lipinski definition) is 6. The average Bonchev–Trinajstić information content (AvgIpc) is 3.28. The maximum atomic E-state index is 14.7. The summed E-state index contributed by atoms with van der Waals surface area (Å²) < 4.78 is 82.9. The van der Waals surface area contributed by atoms with Gasteiger partial charge in [-0.25, -0.2) is 17.2 Å². The predicted molar refractivity (Wildman–Crippen MR) is 131 cm³/mol. The highest BCUT2D eigenvalue weighted by atomic mass is 35.5. The van der Waals surface area contributed by atoms with E-state index in [4.69, 9.17) is 21.1 Å². The molecule has 1 atom stereocenters. The molecule has 0 unspecified atom stereocenters. The van der Waals surface area contributed by atoms with Gasteiger partial charge in [0.2, 0.25) is 5.82 Å². The fourth-order valence-corrected chi connectivity index (χ4v) is 5.18. The van der Waals surface area contributed by atoms with Crippen molar-refractivity contribution < 1.29 is 31.1 Å². The van der Waals surface area contributed by atoms with Gasteiger partial charge in [0.05, 0.1) is 15.6 Å². The number of halogens is 4. The maximum absolute atomic E-state index is 14.7. The van der Waals surface area contributed by atoms with Gasteiger partial charge in [0, 0.05) is 18.7 Å². The molecular weight excluding hydrogens is 531 g/mol. The van der Waals surface area contributed by atoms with Gasteiger partial charge in [-0.1, -0.05) is 17.7 Å². The van der Waals surface area contributed by atoms with Gasteiger partial charge < -0.3 is 14.4 Å². The first kappa shape index (κ1) is 26.6. The van der Waals surface area contributed by atoms with Crippen LogP contribution in [0.15, 0.2) is 47.4 Å². The Morgan fingerprint density at radius 3 is 2.43 bits per heavy atom. The van der Waals surface area contributed by atoms with E-state index in [1.54, 1.807) is 6.07 Å². The first-order valence-corrected chi connectivity index (χ1v) is 12.9. The Hall–Kier alpha value is -3.46. The molecule has 0 amide bonds. The van der Waals surface area contributed by atoms with Crippen LogP contribution in [0.4, 0.5) is 18.9 Å². The molecule has 37 heavy (non-hydrogen) atoms. The van der Waals surface area contributed by atoms with Crippen LogP contribution in [0.25, 0.3) is 0 Å². The van der Waals surface area contributed by atoms with Crippen LogP contribution in [0.2, 0.25) is 5.02 Å². The van der Waals surface area contributed by atoms with Gasteiger partial charge in [-0.3, -0.25) is 4.72 Å². The van der Waals surface area contributed by atoms with Gasteiger partial charge >= 0.3 is 0 Å². The van der Waals surface area contributed by atoms with Crippen molar-refractivity contribution in [3.05, 3.63) is 76.1 Å². The Balaban J connectivity index is 1.63. The van der Waals surface area contributed by atoms with Crippen LogP contribution in [0.5, 0.6) is 17.2 Å². The highest BCUT2D eigenvalue weighted by molar-refractivity contribution is 7.92. The number of anilines is 1. The van der Waals surface area contributed by atoms with E-state index in [1.807, 2.05) is 18.0 Å². The number of nitriles is 1. The number of hydrogen-bond donors (Lipinski definition) is 1. The molecule has 7 nitrogen and oxygen atoms in total. The summed E-state index contributed by atoms with van der Waals surface area (Å²) in [7, 11) is -2.56. The van der Waals surface area contributed by atoms with Gasteiger partial charge in [0.1, 0.15) is 29.2 Å². The lowest BCUT2D eigenvalue weighted by atomic mass is 10.1. The Labute approximate surface area is 217 Å². The van der Waals surface area contributed by atoms with Crippen LogP contribution in [-0.4, -0.2) is 39.6 Å². The topological polar surface area (TPSA) is 91.7 Å². The first-order valence-electron chi connectivity index (χ1n) is 11.0. The SMILES string of the molecule is Cc1c(F)c(F)c(F)c(O[C@@H]2CCN(C)C2)c1NS(=O)(=O)c1ccc(Oc2cccc(Cl)c2C#N)cc1. The fraction of sp³-hybridized carbons (Fsp3) is 0.240. The van der Waals surface area contributed by atoms with E-state index in [9.17, 15) is 26.9 Å². The van der Waals surface area contributed by atoms with Crippen molar-refractivity contribution in [3.8, 4) is 23.3 Å². The predicted octanol–water partition coefficient (Wildman–Crippen LogP) is 5.61. The molecule has 0 bridgehead atoms. The van der Waals surface area contributed by atoms with E-state index < -0.39 is 50.6 Å². The number of likely N-dealkylation sites (N-methyl/N-ethyl adjacent to an activating group) is 1. The summed E-state index contributed by atoms with van der Waals surface area (Å²) in [5, 5.41) is 9.47. The van der Waals surface area contributed by atoms with E-state index in [-0.39, 0.29) is 27.0 Å². The number of rotatable bonds is 7. The third-order valence-corrected chi connectivity index (χ3v) is 7.51. The highest BCUT2D eigenvalue weighted by Crippen LogP contribution is 2.38. The van der Waals surface area contributed by atoms with Crippen LogP contribution in [-0.2, 0) is 10.0 Å². The quantitative estimate of drug-likeness (QED) is 0.384. The molecule has 0 spiro atoms. The number of ether oxygens (including phenoxy) is 2. The summed E-state index contributed by atoms with van der Waals surface area (Å²) in [5.41, 5.74) is -0.864. The van der Waals surface area contributed by atoms with E-state index in [2.05, 4.69) is 4.72 Å². The van der Waals surface area contributed by atoms with Crippen LogP contribution in [0.1, 0.15) is 17.5 Å². The monoisotopic (exact) mass is 551 g/mol. The zero-order chi connectivity index (χ0) is 26.9. The van der Waals surface area contributed by atoms with Crippen molar-refractivity contribution in [2.75, 3.05) is 24.9 Å². The zero-order valence-corrected chi connectivity index (χ0v) is 21.3. The molecule has 1 aliphatic heterocycles. The molecular formula is C25H21ClF3N3O4S. The van der Waals surface area contributed by atoms with Crippen LogP contribution < -0.4 is 14.2 Å². The lowest BCUT2D eigenvalue weighted by Gasteiger charge is -2.21. The van der Waals surface area contributed by atoms with E-state index in [1.165, 1.54) is 36.4 Å². The van der Waals surface area contributed by atoms with Crippen LogP contribution in [0, 0.1) is 35.7 Å². The maximum Gasteiger partial charge on any atom is 0.262 e. The van der Waals surface area contributed by atoms with Crippen molar-refractivity contribution in [1.82, 2.24) is 4.90 Å². The van der Waals surface area contributed by atoms with Gasteiger partial charge in [0.15, 0.2) is 17.4 Å². The molecule has 1 heterocycles. The molecule has 1 fully saturated rings. The minimum Gasteiger partial charge on any atom is -0.484 e. The number of likely N-dealkylation sites (tertiary alicyclic amines) is 1. The molecule has 1 saturated heterocycles. The van der Waals surface area contributed by atoms with E-state index in [0.29, 0.717) is 19.5 Å². The third kappa shape index (κ3) is 5.46. The molecule has 12 heteroatoms. The number of benzene rings is 3. The summed E-state index contributed by atoms with van der Waals surface area (Å²) in [6, 6.07) is 11.7. The second kappa shape index (κ2) is 10.5. The minimum absolute atomic E-state index is 0.111. The summed E-state index contributed by atoms with van der Waals surface area (Å²) in [5.74, 6) is -5.21. The van der Waals surface area contributed by atoms with Gasteiger partial charge in [-0.05, 0) is 56.8 Å². The molecule has 4 rings (SSSR count). The summed E-state index contributed by atoms with van der Waals surface area (Å²) in [6.45, 7) is 2.18. The summed E-state index contributed by atoms with van der Waals surface area (Å²) in [4.78, 5) is 1.65. The second-order valence-electron chi connectivity index (χ2n) is 8.47. The second-order valence-corrected chi connectivity index (χ2v) is 10.6. The number of nitrogens with one attached hydrogen (secondary N) is 1. The first-order chi connectivity index (χ1) is 17.5. The molecule has 0 saturated carbocycles. The molecule has 3 aromatic carbocycles. The lowest BCUT2D eigenvalue weighted by Crippen LogP contribution is -2.24. The number of nitrogens with zero attached hydrogens (tertiary/aromatic N) is 2. The molecule has 0 aliphatic carbocycles. The Morgan fingerprint density at radius 2 is 1.81 bits per heavy atom. The normalized spacial score (nSPS) is 15.9. The summed E-state index contributed by atoms with van der Waals surface area (Å²) >= 11 is 6.00. The van der Waals surface area contributed by atoms with Crippen molar-refractivity contribution in [3.63, 3.8) is 0 Å². The van der Waals surface area contributed by atoms with Gasteiger partial charge in [-0.15, -0.1) is 0 Å². The molecule has 3 aromatic rings. The Kier molecular flexibility index (Phi) is 7.54. The molecule has 194 valence electrons. The third-order valence-electron chi connectivity index (χ3n) is 5.83. The highest BCUT2D eigenvalue weighted by Gasteiger charge is 2.31. The van der Waals surface area contributed by atoms with Gasteiger partial charge in [0.25, 0.3) is 10.0 Å². The van der Waals surface area contributed by atoms with Crippen molar-refractivity contribution >= 4 is 27.3 Å². The molecule has 0 radical (unpaired) electrons. The Morgan fingerprint density at radius 1 is 1.11 bits per heavy atom. The van der Waals surface area contributed by atoms with Crippen LogP contribution >= 0.6 is 11.6 Å². The minimum atomic E-state index is -4.38. The van der Waals surface area contributed by atoms with Crippen molar-refractivity contribution in [2.45, 2.75) is 24.3 Å². The van der Waals surface area contributed by atoms with E-state index >= 15 is 0 Å². The fourth-order valence-electron chi connectivity index (χ4n) is 3.85. The standard InChI is InChI=1S/C25H21ClF3N3O4S/c1-14-21(27)22(28)23(29)25(36-16-10-11-32(2)13-16)24(14)31-37(33,34)17-8-6-15(7-9-17)35-20-5-3-4-19(26)18(20)12-30/h3-9,16,31H,10-11,13H2,1-2H3/t16-/m1/s1. The smallest absolute Gasteiger partial charge is 0.262 e.